The normalized spacial score (nSPS) is 12.7. The molecule has 2 nitrogen and oxygen atoms in total. The monoisotopic (exact) mass is 239 g/mol. The molecule has 0 spiro atoms. The molecule has 1 aromatic rings. The highest BCUT2D eigenvalue weighted by atomic mass is 32.2. The van der Waals surface area contributed by atoms with Crippen LogP contribution in [0, 0.1) is 6.92 Å². The molecule has 16 heavy (non-hydrogen) atoms. The van der Waals surface area contributed by atoms with Crippen LogP contribution in [0.15, 0.2) is 24.3 Å². The molecule has 2 N–H and O–H groups in total. The minimum atomic E-state index is 0.256. The minimum absolute atomic E-state index is 0.256. The van der Waals surface area contributed by atoms with E-state index in [2.05, 4.69) is 42.8 Å². The van der Waals surface area contributed by atoms with Gasteiger partial charge < -0.3 is 10.4 Å². The van der Waals surface area contributed by atoms with Crippen LogP contribution in [0.3, 0.4) is 0 Å². The Balaban J connectivity index is 2.38. The summed E-state index contributed by atoms with van der Waals surface area (Å²) < 4.78 is 0. The van der Waals surface area contributed by atoms with Crippen molar-refractivity contribution in [3.63, 3.8) is 0 Å². The second kappa shape index (κ2) is 7.71. The molecule has 0 amide bonds. The van der Waals surface area contributed by atoms with E-state index in [1.165, 1.54) is 11.1 Å². The van der Waals surface area contributed by atoms with Gasteiger partial charge in [-0.05, 0) is 25.2 Å². The molecule has 0 saturated carbocycles. The van der Waals surface area contributed by atoms with Crippen molar-refractivity contribution in [3.8, 4) is 0 Å². The van der Waals surface area contributed by atoms with Gasteiger partial charge in [0.2, 0.25) is 0 Å². The number of nitrogens with one attached hydrogen (secondary N) is 1. The number of aliphatic hydroxyl groups is 1. The summed E-state index contributed by atoms with van der Waals surface area (Å²) >= 11 is 1.81. The number of aryl methyl sites for hydroxylation is 1. The van der Waals surface area contributed by atoms with Crippen LogP contribution >= 0.6 is 11.8 Å². The molecular weight excluding hydrogens is 218 g/mol. The fourth-order valence-corrected chi connectivity index (χ4v) is 2.26. The summed E-state index contributed by atoms with van der Waals surface area (Å²) in [6.45, 7) is 3.23. The maximum absolute atomic E-state index is 8.95. The van der Waals surface area contributed by atoms with Crippen molar-refractivity contribution < 1.29 is 5.11 Å². The fraction of sp³-hybridized carbons (Fsp3) is 0.538. The Morgan fingerprint density at radius 3 is 2.56 bits per heavy atom. The van der Waals surface area contributed by atoms with Crippen LogP contribution in [0.1, 0.15) is 17.5 Å². The Morgan fingerprint density at radius 1 is 1.31 bits per heavy atom. The molecule has 0 bridgehead atoms. The SMILES string of the molecule is CSCC(CCO)NCc1ccc(C)cc1. The van der Waals surface area contributed by atoms with Crippen molar-refractivity contribution in [1.29, 1.82) is 0 Å². The zero-order valence-electron chi connectivity index (χ0n) is 10.1. The Kier molecular flexibility index (Phi) is 6.53. The van der Waals surface area contributed by atoms with E-state index in [4.69, 9.17) is 5.11 Å². The molecular formula is C13H21NOS. The Bertz CT molecular complexity index is 280. The Morgan fingerprint density at radius 2 is 2.00 bits per heavy atom. The maximum atomic E-state index is 8.95. The molecule has 1 unspecified atom stereocenters. The summed E-state index contributed by atoms with van der Waals surface area (Å²) in [5.74, 6) is 1.05. The lowest BCUT2D eigenvalue weighted by atomic mass is 10.1. The van der Waals surface area contributed by atoms with Gasteiger partial charge in [-0.2, -0.15) is 11.8 Å². The Hall–Kier alpha value is -0.510. The highest BCUT2D eigenvalue weighted by Crippen LogP contribution is 2.05. The topological polar surface area (TPSA) is 32.3 Å². The third-order valence-electron chi connectivity index (χ3n) is 2.56. The number of thioether (sulfide) groups is 1. The lowest BCUT2D eigenvalue weighted by Crippen LogP contribution is -2.31. The average Bonchev–Trinajstić information content (AvgIpc) is 2.29. The van der Waals surface area contributed by atoms with Crippen molar-refractivity contribution >= 4 is 11.8 Å². The molecule has 0 aliphatic carbocycles. The van der Waals surface area contributed by atoms with E-state index in [9.17, 15) is 0 Å². The zero-order valence-corrected chi connectivity index (χ0v) is 10.9. The number of hydrogen-bond donors (Lipinski definition) is 2. The van der Waals surface area contributed by atoms with E-state index in [-0.39, 0.29) is 6.61 Å². The van der Waals surface area contributed by atoms with Crippen molar-refractivity contribution in [2.45, 2.75) is 25.9 Å². The van der Waals surface area contributed by atoms with Gasteiger partial charge in [-0.25, -0.2) is 0 Å². The first-order chi connectivity index (χ1) is 7.76. The smallest absolute Gasteiger partial charge is 0.0446 e. The van der Waals surface area contributed by atoms with Gasteiger partial charge in [0.25, 0.3) is 0 Å². The first kappa shape index (κ1) is 13.6. The zero-order chi connectivity index (χ0) is 11.8. The van der Waals surface area contributed by atoms with Crippen LogP contribution in [0.5, 0.6) is 0 Å². The summed E-state index contributed by atoms with van der Waals surface area (Å²) in [5.41, 5.74) is 2.59. The predicted molar refractivity (Wildman–Crippen MR) is 71.9 cm³/mol. The van der Waals surface area contributed by atoms with E-state index >= 15 is 0 Å². The maximum Gasteiger partial charge on any atom is 0.0446 e. The summed E-state index contributed by atoms with van der Waals surface area (Å²) in [7, 11) is 0. The van der Waals surface area contributed by atoms with E-state index < -0.39 is 0 Å². The Labute approximate surface area is 102 Å². The van der Waals surface area contributed by atoms with E-state index in [1.54, 1.807) is 0 Å². The predicted octanol–water partition coefficient (Wildman–Crippen LogP) is 2.20. The largest absolute Gasteiger partial charge is 0.396 e. The number of hydrogen-bond acceptors (Lipinski definition) is 3. The van der Waals surface area contributed by atoms with E-state index in [0.29, 0.717) is 6.04 Å². The van der Waals surface area contributed by atoms with Gasteiger partial charge in [-0.15, -0.1) is 0 Å². The molecule has 0 fully saturated rings. The van der Waals surface area contributed by atoms with Crippen LogP contribution in [-0.2, 0) is 6.54 Å². The van der Waals surface area contributed by atoms with Crippen molar-refractivity contribution in [3.05, 3.63) is 35.4 Å². The van der Waals surface area contributed by atoms with Gasteiger partial charge in [0.05, 0.1) is 0 Å². The van der Waals surface area contributed by atoms with Crippen LogP contribution < -0.4 is 5.32 Å². The molecule has 0 heterocycles. The standard InChI is InChI=1S/C13H21NOS/c1-11-3-5-12(6-4-11)9-14-13(7-8-15)10-16-2/h3-6,13-15H,7-10H2,1-2H3. The van der Waals surface area contributed by atoms with Gasteiger partial charge in [-0.3, -0.25) is 0 Å². The van der Waals surface area contributed by atoms with Gasteiger partial charge in [-0.1, -0.05) is 29.8 Å². The molecule has 0 saturated heterocycles. The molecule has 0 aromatic heterocycles. The lowest BCUT2D eigenvalue weighted by molar-refractivity contribution is 0.270. The summed E-state index contributed by atoms with van der Waals surface area (Å²) in [6.07, 6.45) is 2.92. The third-order valence-corrected chi connectivity index (χ3v) is 3.30. The van der Waals surface area contributed by atoms with Gasteiger partial charge in [0.1, 0.15) is 0 Å². The second-order valence-electron chi connectivity index (χ2n) is 4.03. The van der Waals surface area contributed by atoms with Crippen molar-refractivity contribution in [2.24, 2.45) is 0 Å². The van der Waals surface area contributed by atoms with E-state index in [1.807, 2.05) is 11.8 Å². The minimum Gasteiger partial charge on any atom is -0.396 e. The molecule has 1 rings (SSSR count). The van der Waals surface area contributed by atoms with Crippen LogP contribution in [-0.4, -0.2) is 29.8 Å². The average molecular weight is 239 g/mol. The second-order valence-corrected chi connectivity index (χ2v) is 4.94. The third kappa shape index (κ3) is 5.01. The molecule has 0 aliphatic rings. The van der Waals surface area contributed by atoms with E-state index in [0.717, 1.165) is 18.7 Å². The van der Waals surface area contributed by atoms with Gasteiger partial charge in [0, 0.05) is 24.9 Å². The quantitative estimate of drug-likeness (QED) is 0.765. The van der Waals surface area contributed by atoms with Gasteiger partial charge in [0.15, 0.2) is 0 Å². The molecule has 3 heteroatoms. The molecule has 1 aromatic carbocycles. The van der Waals surface area contributed by atoms with Crippen molar-refractivity contribution in [1.82, 2.24) is 5.32 Å². The fourth-order valence-electron chi connectivity index (χ4n) is 1.57. The summed E-state index contributed by atoms with van der Waals surface area (Å²) in [6, 6.07) is 8.97. The van der Waals surface area contributed by atoms with Crippen molar-refractivity contribution in [2.75, 3.05) is 18.6 Å². The van der Waals surface area contributed by atoms with Gasteiger partial charge >= 0.3 is 0 Å². The highest BCUT2D eigenvalue weighted by molar-refractivity contribution is 7.98. The molecule has 90 valence electrons. The molecule has 0 radical (unpaired) electrons. The van der Waals surface area contributed by atoms with Crippen LogP contribution in [0.4, 0.5) is 0 Å². The number of benzene rings is 1. The number of rotatable bonds is 7. The summed E-state index contributed by atoms with van der Waals surface area (Å²) in [4.78, 5) is 0. The molecule has 0 aliphatic heterocycles. The molecule has 1 atom stereocenters. The summed E-state index contributed by atoms with van der Waals surface area (Å²) in [5, 5.41) is 12.4. The number of aliphatic hydroxyl groups excluding tert-OH is 1. The lowest BCUT2D eigenvalue weighted by Gasteiger charge is -2.16. The highest BCUT2D eigenvalue weighted by Gasteiger charge is 2.06. The first-order valence-electron chi connectivity index (χ1n) is 5.65. The van der Waals surface area contributed by atoms with Crippen LogP contribution in [0.25, 0.3) is 0 Å². The first-order valence-corrected chi connectivity index (χ1v) is 7.04. The van der Waals surface area contributed by atoms with Crippen LogP contribution in [0.2, 0.25) is 0 Å².